The molecule has 1 spiro atoms. The van der Waals surface area contributed by atoms with E-state index in [1.165, 1.54) is 24.8 Å². The molecule has 1 aliphatic heterocycles. The van der Waals surface area contributed by atoms with Gasteiger partial charge in [-0.15, -0.1) is 0 Å². The van der Waals surface area contributed by atoms with E-state index in [4.69, 9.17) is 5.73 Å². The van der Waals surface area contributed by atoms with Crippen molar-refractivity contribution in [2.24, 2.45) is 17.1 Å². The molecule has 2 aromatic rings. The van der Waals surface area contributed by atoms with Crippen molar-refractivity contribution in [2.45, 2.75) is 85.0 Å². The van der Waals surface area contributed by atoms with Crippen LogP contribution in [0.5, 0.6) is 0 Å². The van der Waals surface area contributed by atoms with E-state index < -0.39 is 0 Å². The number of nitrogens with two attached hydrogens (primary N) is 1. The van der Waals surface area contributed by atoms with E-state index in [-0.39, 0.29) is 5.91 Å². The molecule has 4 rings (SSSR count). The molecule has 0 radical (unpaired) electrons. The van der Waals surface area contributed by atoms with Crippen LogP contribution >= 0.6 is 0 Å². The number of carbonyl (C=O) groups is 2. The molecule has 1 aromatic heterocycles. The van der Waals surface area contributed by atoms with Crippen LogP contribution in [0.1, 0.15) is 84.4 Å². The van der Waals surface area contributed by atoms with Crippen LogP contribution in [0.2, 0.25) is 0 Å². The van der Waals surface area contributed by atoms with Crippen molar-refractivity contribution in [1.82, 2.24) is 15.3 Å². The Bertz CT molecular complexity index is 850. The van der Waals surface area contributed by atoms with Crippen LogP contribution in [0.25, 0.3) is 11.3 Å². The summed E-state index contributed by atoms with van der Waals surface area (Å²) in [6.07, 6.45) is 11.8. The van der Waals surface area contributed by atoms with E-state index in [9.17, 15) is 9.59 Å². The quantitative estimate of drug-likeness (QED) is 0.382. The summed E-state index contributed by atoms with van der Waals surface area (Å²) in [6.45, 7) is 8.24. The standard InChI is InChI=1S/C18H24N2O.C8H14N2O.C2H6/c1-2-16(21)12-8-3-4-9-13-18-19-14-17(20-18)15-10-6-5-7-11-15;9-7(11)1-6-2-8(3-6)4-10-5-8;1-2/h5-7,10-11,14H,2-4,8-9,12-13H2,1H3,(H,19,20);6,10H,1-5H2,(H2,9,11);1-2H3. The summed E-state index contributed by atoms with van der Waals surface area (Å²) in [7, 11) is 0. The van der Waals surface area contributed by atoms with E-state index in [1.54, 1.807) is 0 Å². The minimum Gasteiger partial charge on any atom is -0.370 e. The van der Waals surface area contributed by atoms with Gasteiger partial charge in [-0.3, -0.25) is 9.59 Å². The number of aromatic nitrogens is 2. The van der Waals surface area contributed by atoms with E-state index >= 15 is 0 Å². The number of aromatic amines is 1. The number of hydrogen-bond acceptors (Lipinski definition) is 4. The van der Waals surface area contributed by atoms with Crippen molar-refractivity contribution in [3.05, 3.63) is 42.4 Å². The van der Waals surface area contributed by atoms with Crippen LogP contribution in [-0.2, 0) is 16.0 Å². The average Bonchev–Trinajstić information content (AvgIpc) is 3.28. The Kier molecular flexibility index (Phi) is 12.0. The Morgan fingerprint density at radius 3 is 2.32 bits per heavy atom. The zero-order chi connectivity index (χ0) is 24.8. The number of Topliss-reactive ketones (excluding diaryl/α,β-unsaturated/α-hetero) is 1. The van der Waals surface area contributed by atoms with E-state index in [0.29, 0.717) is 30.0 Å². The van der Waals surface area contributed by atoms with Crippen LogP contribution in [0.15, 0.2) is 36.5 Å². The van der Waals surface area contributed by atoms with Crippen molar-refractivity contribution in [1.29, 1.82) is 0 Å². The van der Waals surface area contributed by atoms with Gasteiger partial charge in [-0.25, -0.2) is 4.98 Å². The Balaban J connectivity index is 0.000000262. The van der Waals surface area contributed by atoms with Crippen molar-refractivity contribution in [2.75, 3.05) is 13.1 Å². The molecule has 188 valence electrons. The number of ketones is 1. The Hall–Kier alpha value is -2.47. The van der Waals surface area contributed by atoms with Crippen LogP contribution in [0.3, 0.4) is 0 Å². The molecule has 1 saturated heterocycles. The van der Waals surface area contributed by atoms with E-state index in [0.717, 1.165) is 56.7 Å². The van der Waals surface area contributed by atoms with Crippen LogP contribution in [-0.4, -0.2) is 34.7 Å². The fourth-order valence-electron chi connectivity index (χ4n) is 4.76. The molecule has 2 heterocycles. The Morgan fingerprint density at radius 2 is 1.74 bits per heavy atom. The number of imidazole rings is 1. The smallest absolute Gasteiger partial charge is 0.217 e. The summed E-state index contributed by atoms with van der Waals surface area (Å²) in [4.78, 5) is 29.5. The summed E-state index contributed by atoms with van der Waals surface area (Å²) < 4.78 is 0. The first-order chi connectivity index (χ1) is 16.5. The summed E-state index contributed by atoms with van der Waals surface area (Å²) >= 11 is 0. The largest absolute Gasteiger partial charge is 0.370 e. The van der Waals surface area contributed by atoms with E-state index in [2.05, 4.69) is 27.4 Å². The van der Waals surface area contributed by atoms with Crippen molar-refractivity contribution < 1.29 is 9.59 Å². The summed E-state index contributed by atoms with van der Waals surface area (Å²) in [5, 5.41) is 3.26. The maximum absolute atomic E-state index is 11.2. The fraction of sp³-hybridized carbons (Fsp3) is 0.607. The molecule has 1 aromatic carbocycles. The Labute approximate surface area is 205 Å². The normalized spacial score (nSPS) is 15.7. The number of hydrogen-bond donors (Lipinski definition) is 3. The predicted molar refractivity (Wildman–Crippen MR) is 139 cm³/mol. The van der Waals surface area contributed by atoms with Crippen molar-refractivity contribution in [3.63, 3.8) is 0 Å². The molecule has 2 aliphatic rings. The molecule has 34 heavy (non-hydrogen) atoms. The number of nitrogens with zero attached hydrogens (tertiary/aromatic N) is 1. The molecule has 1 aliphatic carbocycles. The van der Waals surface area contributed by atoms with Gasteiger partial charge in [0.1, 0.15) is 11.6 Å². The number of H-pyrrole nitrogens is 1. The zero-order valence-corrected chi connectivity index (χ0v) is 21.4. The number of primary amides is 1. The van der Waals surface area contributed by atoms with Gasteiger partial charge >= 0.3 is 0 Å². The summed E-state index contributed by atoms with van der Waals surface area (Å²) in [6, 6.07) is 10.3. The van der Waals surface area contributed by atoms with Gasteiger partial charge in [0, 0.05) is 38.8 Å². The third kappa shape index (κ3) is 9.05. The maximum atomic E-state index is 11.2. The van der Waals surface area contributed by atoms with Crippen molar-refractivity contribution in [3.8, 4) is 11.3 Å². The average molecular weight is 469 g/mol. The van der Waals surface area contributed by atoms with Gasteiger partial charge in [-0.2, -0.15) is 0 Å². The first-order valence-electron chi connectivity index (χ1n) is 13.1. The lowest BCUT2D eigenvalue weighted by molar-refractivity contribution is -0.121. The first-order valence-corrected chi connectivity index (χ1v) is 13.1. The van der Waals surface area contributed by atoms with Gasteiger partial charge in [0.05, 0.1) is 11.9 Å². The lowest BCUT2D eigenvalue weighted by atomic mass is 9.58. The van der Waals surface area contributed by atoms with E-state index in [1.807, 2.05) is 45.2 Å². The number of aryl methyl sites for hydroxylation is 1. The SMILES string of the molecule is CC.CCC(=O)CCCCCCc1ncc(-c2ccccc2)[nH]1.NC(=O)CC1CC2(CNC2)C1. The third-order valence-corrected chi connectivity index (χ3v) is 6.66. The maximum Gasteiger partial charge on any atom is 0.217 e. The minimum absolute atomic E-state index is 0.142. The molecular formula is C28H44N4O2. The number of rotatable bonds is 11. The fourth-order valence-corrected chi connectivity index (χ4v) is 4.76. The van der Waals surface area contributed by atoms with Gasteiger partial charge in [-0.1, -0.05) is 63.9 Å². The van der Waals surface area contributed by atoms with Crippen molar-refractivity contribution >= 4 is 11.7 Å². The van der Waals surface area contributed by atoms with Gasteiger partial charge < -0.3 is 16.0 Å². The number of nitrogens with one attached hydrogen (secondary N) is 2. The van der Waals surface area contributed by atoms with Crippen LogP contribution in [0.4, 0.5) is 0 Å². The zero-order valence-electron chi connectivity index (χ0n) is 21.4. The molecule has 6 heteroatoms. The highest BCUT2D eigenvalue weighted by molar-refractivity contribution is 5.77. The molecule has 1 saturated carbocycles. The third-order valence-electron chi connectivity index (χ3n) is 6.66. The Morgan fingerprint density at radius 1 is 1.06 bits per heavy atom. The topological polar surface area (TPSA) is 101 Å². The molecule has 4 N–H and O–H groups in total. The number of amides is 1. The van der Waals surface area contributed by atoms with Gasteiger partial charge in [0.15, 0.2) is 0 Å². The highest BCUT2D eigenvalue weighted by Crippen LogP contribution is 2.49. The van der Waals surface area contributed by atoms with Gasteiger partial charge in [0.25, 0.3) is 0 Å². The van der Waals surface area contributed by atoms with Gasteiger partial charge in [-0.05, 0) is 42.6 Å². The van der Waals surface area contributed by atoms with Crippen LogP contribution in [0, 0.1) is 11.3 Å². The molecular weight excluding hydrogens is 424 g/mol. The molecule has 1 amide bonds. The number of carbonyl (C=O) groups excluding carboxylic acids is 2. The summed E-state index contributed by atoms with van der Waals surface area (Å²) in [5.41, 5.74) is 7.94. The second-order valence-electron chi connectivity index (χ2n) is 9.46. The lowest BCUT2D eigenvalue weighted by Crippen LogP contribution is -2.60. The second-order valence-corrected chi connectivity index (χ2v) is 9.46. The number of benzene rings is 1. The molecule has 0 atom stereocenters. The highest BCUT2D eigenvalue weighted by Gasteiger charge is 2.48. The predicted octanol–water partition coefficient (Wildman–Crippen LogP) is 5.44. The molecule has 6 nitrogen and oxygen atoms in total. The minimum atomic E-state index is -0.142. The van der Waals surface area contributed by atoms with Crippen LogP contribution < -0.4 is 11.1 Å². The highest BCUT2D eigenvalue weighted by atomic mass is 16.1. The lowest BCUT2D eigenvalue weighted by Gasteiger charge is -2.54. The van der Waals surface area contributed by atoms with Gasteiger partial charge in [0.2, 0.25) is 5.91 Å². The first kappa shape index (κ1) is 27.8. The summed E-state index contributed by atoms with van der Waals surface area (Å²) in [5.74, 6) is 1.89. The second kappa shape index (κ2) is 14.7. The monoisotopic (exact) mass is 468 g/mol. The molecule has 2 fully saturated rings. The number of unbranched alkanes of at least 4 members (excludes halogenated alkanes) is 3. The molecule has 0 unspecified atom stereocenters. The molecule has 0 bridgehead atoms.